The number of benzene rings is 1. The number of pyridine rings is 1. The van der Waals surface area contributed by atoms with Gasteiger partial charge in [0, 0.05) is 18.9 Å². The van der Waals surface area contributed by atoms with Crippen LogP contribution in [-0.4, -0.2) is 28.1 Å². The summed E-state index contributed by atoms with van der Waals surface area (Å²) < 4.78 is 18.6. The number of H-pyrrole nitrogens is 1. The van der Waals surface area contributed by atoms with E-state index in [-0.39, 0.29) is 35.5 Å². The van der Waals surface area contributed by atoms with Crippen LogP contribution in [0, 0.1) is 5.82 Å². The molecule has 0 fully saturated rings. The zero-order chi connectivity index (χ0) is 20.8. The van der Waals surface area contributed by atoms with Crippen molar-refractivity contribution in [2.24, 2.45) is 0 Å². The molecule has 0 atom stereocenters. The number of carbonyl (C=O) groups excluding carboxylic acids is 1. The minimum atomic E-state index is -0.469. The third-order valence-electron chi connectivity index (χ3n) is 3.95. The number of hydrogen-bond acceptors (Lipinski definition) is 6. The molecule has 29 heavy (non-hydrogen) atoms. The van der Waals surface area contributed by atoms with Gasteiger partial charge >= 0.3 is 0 Å². The molecule has 0 saturated heterocycles. The summed E-state index contributed by atoms with van der Waals surface area (Å²) >= 11 is 0. The zero-order valence-corrected chi connectivity index (χ0v) is 15.5. The van der Waals surface area contributed by atoms with E-state index in [1.807, 2.05) is 0 Å². The number of aromatic amines is 1. The number of rotatable bonds is 7. The molecule has 3 N–H and O–H groups in total. The molecule has 148 valence electrons. The van der Waals surface area contributed by atoms with E-state index in [0.717, 1.165) is 0 Å². The van der Waals surface area contributed by atoms with Crippen molar-refractivity contribution in [1.29, 1.82) is 0 Å². The topological polar surface area (TPSA) is 109 Å². The van der Waals surface area contributed by atoms with Crippen LogP contribution in [0.1, 0.15) is 21.6 Å². The number of amides is 1. The van der Waals surface area contributed by atoms with E-state index in [1.165, 1.54) is 43.6 Å². The van der Waals surface area contributed by atoms with Crippen molar-refractivity contribution < 1.29 is 13.9 Å². The lowest BCUT2D eigenvalue weighted by Crippen LogP contribution is -2.19. The van der Waals surface area contributed by atoms with Crippen LogP contribution in [0.2, 0.25) is 0 Å². The van der Waals surface area contributed by atoms with Gasteiger partial charge in [0.05, 0.1) is 5.56 Å². The summed E-state index contributed by atoms with van der Waals surface area (Å²) in [6.07, 6.45) is 2.85. The Morgan fingerprint density at radius 2 is 2.07 bits per heavy atom. The van der Waals surface area contributed by atoms with Crippen LogP contribution in [0.4, 0.5) is 15.9 Å². The second kappa shape index (κ2) is 8.79. The molecule has 9 heteroatoms. The van der Waals surface area contributed by atoms with Crippen LogP contribution in [-0.2, 0) is 6.61 Å². The van der Waals surface area contributed by atoms with Crippen molar-refractivity contribution in [2.75, 3.05) is 12.4 Å². The van der Waals surface area contributed by atoms with E-state index < -0.39 is 5.43 Å². The second-order valence-electron chi connectivity index (χ2n) is 5.90. The Morgan fingerprint density at radius 1 is 1.31 bits per heavy atom. The summed E-state index contributed by atoms with van der Waals surface area (Å²) in [6.45, 7) is 3.67. The molecule has 1 amide bonds. The lowest BCUT2D eigenvalue weighted by Gasteiger charge is -2.11. The first kappa shape index (κ1) is 19.7. The average Bonchev–Trinajstić information content (AvgIpc) is 2.74. The van der Waals surface area contributed by atoms with E-state index in [0.29, 0.717) is 17.1 Å². The van der Waals surface area contributed by atoms with Gasteiger partial charge in [-0.3, -0.25) is 19.7 Å². The van der Waals surface area contributed by atoms with E-state index >= 15 is 0 Å². The fourth-order valence-electron chi connectivity index (χ4n) is 2.48. The van der Waals surface area contributed by atoms with Gasteiger partial charge in [0.2, 0.25) is 0 Å². The highest BCUT2D eigenvalue weighted by atomic mass is 19.1. The Morgan fingerprint density at radius 3 is 2.76 bits per heavy atom. The minimum absolute atomic E-state index is 0.0178. The molecule has 0 aliphatic rings. The highest BCUT2D eigenvalue weighted by molar-refractivity contribution is 5.92. The average molecular weight is 395 g/mol. The molecule has 0 aliphatic carbocycles. The maximum atomic E-state index is 13.0. The summed E-state index contributed by atoms with van der Waals surface area (Å²) in [7, 11) is 1.51. The Kier molecular flexibility index (Phi) is 5.98. The highest BCUT2D eigenvalue weighted by Gasteiger charge is 2.13. The number of aromatic nitrogens is 3. The Balaban J connectivity index is 1.79. The van der Waals surface area contributed by atoms with Gasteiger partial charge in [-0.05, 0) is 42.0 Å². The van der Waals surface area contributed by atoms with Crippen molar-refractivity contribution >= 4 is 23.5 Å². The second-order valence-corrected chi connectivity index (χ2v) is 5.90. The highest BCUT2D eigenvalue weighted by Crippen LogP contribution is 2.19. The minimum Gasteiger partial charge on any atom is -0.469 e. The van der Waals surface area contributed by atoms with Crippen LogP contribution >= 0.6 is 0 Å². The van der Waals surface area contributed by atoms with Gasteiger partial charge in [-0.25, -0.2) is 4.39 Å². The number of hydrogen-bond donors (Lipinski definition) is 3. The molecule has 2 heterocycles. The number of nitrogens with zero attached hydrogens (tertiary/aromatic N) is 2. The zero-order valence-electron chi connectivity index (χ0n) is 15.5. The molecule has 0 aliphatic heterocycles. The van der Waals surface area contributed by atoms with Gasteiger partial charge < -0.3 is 15.4 Å². The fraction of sp³-hybridized carbons (Fsp3) is 0.100. The summed E-state index contributed by atoms with van der Waals surface area (Å²) in [4.78, 5) is 28.3. The SMILES string of the molecule is C=Cc1c(Nc2ccc(F)cc2)[nH]nc(OCc2ccnc(C(=O)NC)c2)c1=O. The molecule has 0 bridgehead atoms. The van der Waals surface area contributed by atoms with Crippen LogP contribution < -0.4 is 20.8 Å². The van der Waals surface area contributed by atoms with Gasteiger partial charge in [0.1, 0.15) is 23.9 Å². The molecule has 2 aromatic heterocycles. The molecule has 0 radical (unpaired) electrons. The van der Waals surface area contributed by atoms with Crippen LogP contribution in [0.5, 0.6) is 5.88 Å². The Labute approximate surface area is 165 Å². The first-order chi connectivity index (χ1) is 14.0. The maximum absolute atomic E-state index is 13.0. The van der Waals surface area contributed by atoms with Gasteiger partial charge in [-0.2, -0.15) is 0 Å². The number of ether oxygens (including phenoxy) is 1. The maximum Gasteiger partial charge on any atom is 0.280 e. The van der Waals surface area contributed by atoms with Gasteiger partial charge in [-0.15, -0.1) is 5.10 Å². The summed E-state index contributed by atoms with van der Waals surface area (Å²) in [5.41, 5.74) is 1.21. The van der Waals surface area contributed by atoms with Crippen molar-refractivity contribution in [1.82, 2.24) is 20.5 Å². The van der Waals surface area contributed by atoms with Gasteiger partial charge in [0.25, 0.3) is 17.2 Å². The van der Waals surface area contributed by atoms with Crippen molar-refractivity contribution in [3.05, 3.63) is 82.0 Å². The van der Waals surface area contributed by atoms with E-state index in [4.69, 9.17) is 4.74 Å². The van der Waals surface area contributed by atoms with Crippen molar-refractivity contribution in [3.63, 3.8) is 0 Å². The molecule has 3 rings (SSSR count). The molecule has 8 nitrogen and oxygen atoms in total. The van der Waals surface area contributed by atoms with Crippen molar-refractivity contribution in [3.8, 4) is 5.88 Å². The quantitative estimate of drug-likeness (QED) is 0.567. The molecule has 3 aromatic rings. The first-order valence-corrected chi connectivity index (χ1v) is 8.59. The number of nitrogens with one attached hydrogen (secondary N) is 3. The molecule has 0 spiro atoms. The summed E-state index contributed by atoms with van der Waals surface area (Å²) in [6, 6.07) is 8.86. The van der Waals surface area contributed by atoms with Crippen molar-refractivity contribution in [2.45, 2.75) is 6.61 Å². The predicted molar refractivity (Wildman–Crippen MR) is 107 cm³/mol. The molecule has 0 unspecified atom stereocenters. The van der Waals surface area contributed by atoms with Crippen LogP contribution in [0.3, 0.4) is 0 Å². The lowest BCUT2D eigenvalue weighted by molar-refractivity contribution is 0.0958. The van der Waals surface area contributed by atoms with Gasteiger partial charge in [-0.1, -0.05) is 12.7 Å². The van der Waals surface area contributed by atoms with E-state index in [1.54, 1.807) is 12.1 Å². The van der Waals surface area contributed by atoms with Gasteiger partial charge in [0.15, 0.2) is 0 Å². The van der Waals surface area contributed by atoms with Crippen LogP contribution in [0.25, 0.3) is 6.08 Å². The molecule has 0 saturated carbocycles. The first-order valence-electron chi connectivity index (χ1n) is 8.59. The number of halogens is 1. The normalized spacial score (nSPS) is 10.3. The number of anilines is 2. The smallest absolute Gasteiger partial charge is 0.280 e. The Bertz CT molecular complexity index is 1100. The molecule has 1 aromatic carbocycles. The standard InChI is InChI=1S/C20H18FN5O3/c1-3-15-17(27)20(26-25-18(15)24-14-6-4-13(21)5-7-14)29-11-12-8-9-23-16(10-12)19(28)22-2/h3-10H,1,11H2,2H3,(H,22,28)(H2,24,25,27). The van der Waals surface area contributed by atoms with Crippen LogP contribution in [0.15, 0.2) is 54.0 Å². The monoisotopic (exact) mass is 395 g/mol. The number of carbonyl (C=O) groups is 1. The van der Waals surface area contributed by atoms with E-state index in [2.05, 4.69) is 32.4 Å². The third kappa shape index (κ3) is 4.64. The summed E-state index contributed by atoms with van der Waals surface area (Å²) in [5.74, 6) is -0.545. The van der Waals surface area contributed by atoms with E-state index in [9.17, 15) is 14.0 Å². The largest absolute Gasteiger partial charge is 0.469 e. The molecular formula is C20H18FN5O3. The predicted octanol–water partition coefficient (Wildman–Crippen LogP) is 2.63. The lowest BCUT2D eigenvalue weighted by atomic mass is 10.2. The third-order valence-corrected chi connectivity index (χ3v) is 3.95. The Hall–Kier alpha value is -4.01. The fourth-order valence-corrected chi connectivity index (χ4v) is 2.48. The molecular weight excluding hydrogens is 377 g/mol. The summed E-state index contributed by atoms with van der Waals surface area (Å²) in [5, 5.41) is 12.1.